The second-order valence-electron chi connectivity index (χ2n) is 10.9. The maximum Gasteiger partial charge on any atom is 0.328 e. The third kappa shape index (κ3) is 8.30. The predicted octanol–water partition coefficient (Wildman–Crippen LogP) is 4.01. The average molecular weight is 661 g/mol. The van der Waals surface area contributed by atoms with E-state index in [9.17, 15) is 19.6 Å². The molecule has 0 spiro atoms. The molecule has 2 bridgehead atoms. The number of rotatable bonds is 8. The summed E-state index contributed by atoms with van der Waals surface area (Å²) in [6.45, 7) is 1.99. The van der Waals surface area contributed by atoms with Gasteiger partial charge >= 0.3 is 11.9 Å². The lowest BCUT2D eigenvalue weighted by Gasteiger charge is -2.23. The molecule has 14 heteroatoms. The van der Waals surface area contributed by atoms with Crippen molar-refractivity contribution in [3.05, 3.63) is 89.0 Å². The van der Waals surface area contributed by atoms with Gasteiger partial charge in [0.15, 0.2) is 0 Å². The molecule has 2 aromatic heterocycles. The van der Waals surface area contributed by atoms with Gasteiger partial charge in [-0.15, -0.1) is 5.10 Å². The topological polar surface area (TPSA) is 161 Å². The fourth-order valence-corrected chi connectivity index (χ4v) is 5.63. The number of esters is 2. The summed E-state index contributed by atoms with van der Waals surface area (Å²) >= 11 is 6.23. The first-order valence-corrected chi connectivity index (χ1v) is 15.5. The number of hydrogen-bond donors (Lipinski definition) is 3. The zero-order valence-corrected chi connectivity index (χ0v) is 26.7. The molecule has 0 radical (unpaired) electrons. The molecule has 0 saturated carbocycles. The molecule has 13 nitrogen and oxygen atoms in total. The van der Waals surface area contributed by atoms with E-state index in [-0.39, 0.29) is 19.0 Å². The van der Waals surface area contributed by atoms with Crippen molar-refractivity contribution in [3.8, 4) is 16.8 Å². The molecule has 5 rings (SSSR count). The molecule has 0 fully saturated rings. The van der Waals surface area contributed by atoms with Crippen LogP contribution in [0.4, 0.5) is 5.69 Å². The number of hydrogen-bond acceptors (Lipinski definition) is 10. The van der Waals surface area contributed by atoms with Crippen LogP contribution in [-0.2, 0) is 30.3 Å². The SMILES string of the molecule is CCOC(=O)C1CCCC[C@H](NC(=O)/C=C/c2cc(Cl)ccc2-n2cnnn2)c2cc(cc[n+]2O)-c2ccc(CC(=O)OC)cc2N1. The van der Waals surface area contributed by atoms with Gasteiger partial charge in [0.25, 0.3) is 5.69 Å². The van der Waals surface area contributed by atoms with Crippen molar-refractivity contribution in [1.29, 1.82) is 0 Å². The molecule has 1 unspecified atom stereocenters. The Balaban J connectivity index is 1.48. The van der Waals surface area contributed by atoms with Gasteiger partial charge in [0.1, 0.15) is 18.4 Å². The second-order valence-corrected chi connectivity index (χ2v) is 11.3. The van der Waals surface area contributed by atoms with Crippen molar-refractivity contribution in [2.24, 2.45) is 0 Å². The molecule has 2 aromatic carbocycles. The molecular weight excluding hydrogens is 626 g/mol. The van der Waals surface area contributed by atoms with Crippen LogP contribution in [0, 0.1) is 0 Å². The number of benzene rings is 2. The molecule has 2 atom stereocenters. The van der Waals surface area contributed by atoms with Crippen molar-refractivity contribution < 1.29 is 33.8 Å². The van der Waals surface area contributed by atoms with Gasteiger partial charge in [-0.1, -0.05) is 36.6 Å². The number of nitrogens with one attached hydrogen (secondary N) is 2. The van der Waals surface area contributed by atoms with Gasteiger partial charge in [-0.25, -0.2) is 4.79 Å². The van der Waals surface area contributed by atoms with Gasteiger partial charge in [-0.3, -0.25) is 14.8 Å². The summed E-state index contributed by atoms with van der Waals surface area (Å²) in [4.78, 5) is 38.4. The smallest absolute Gasteiger partial charge is 0.328 e. The van der Waals surface area contributed by atoms with Crippen LogP contribution in [0.25, 0.3) is 22.9 Å². The van der Waals surface area contributed by atoms with Crippen LogP contribution >= 0.6 is 11.6 Å². The molecule has 47 heavy (non-hydrogen) atoms. The zero-order valence-electron chi connectivity index (χ0n) is 25.9. The Morgan fingerprint density at radius 2 is 1.98 bits per heavy atom. The summed E-state index contributed by atoms with van der Waals surface area (Å²) in [6.07, 6.45) is 8.21. The Morgan fingerprint density at radius 1 is 1.15 bits per heavy atom. The van der Waals surface area contributed by atoms with Crippen LogP contribution in [-0.4, -0.2) is 63.0 Å². The van der Waals surface area contributed by atoms with Gasteiger partial charge in [-0.2, -0.15) is 4.68 Å². The number of carbonyl (C=O) groups is 3. The number of carbonyl (C=O) groups excluding carboxylic acids is 3. The van der Waals surface area contributed by atoms with E-state index in [1.165, 1.54) is 30.4 Å². The van der Waals surface area contributed by atoms with Crippen LogP contribution in [0.1, 0.15) is 55.5 Å². The molecule has 244 valence electrons. The highest BCUT2D eigenvalue weighted by Crippen LogP contribution is 2.33. The molecule has 3 heterocycles. The summed E-state index contributed by atoms with van der Waals surface area (Å²) in [7, 11) is 1.33. The minimum Gasteiger partial charge on any atom is -0.469 e. The van der Waals surface area contributed by atoms with E-state index in [1.54, 1.807) is 43.3 Å². The van der Waals surface area contributed by atoms with E-state index in [0.29, 0.717) is 58.9 Å². The molecular formula is C33H35ClN7O6+. The molecule has 1 aliphatic heterocycles. The van der Waals surface area contributed by atoms with E-state index in [4.69, 9.17) is 21.1 Å². The van der Waals surface area contributed by atoms with Crippen molar-refractivity contribution in [2.45, 2.75) is 51.1 Å². The Bertz CT molecular complexity index is 1780. The van der Waals surface area contributed by atoms with Crippen LogP contribution in [0.3, 0.4) is 0 Å². The van der Waals surface area contributed by atoms with Crippen molar-refractivity contribution in [2.75, 3.05) is 19.0 Å². The monoisotopic (exact) mass is 660 g/mol. The fourth-order valence-electron chi connectivity index (χ4n) is 5.44. The molecule has 3 N–H and O–H groups in total. The quantitative estimate of drug-likeness (QED) is 0.109. The molecule has 0 aliphatic carbocycles. The van der Waals surface area contributed by atoms with Crippen molar-refractivity contribution in [1.82, 2.24) is 25.5 Å². The predicted molar refractivity (Wildman–Crippen MR) is 172 cm³/mol. The number of methoxy groups -OCH3 is 1. The average Bonchev–Trinajstić information content (AvgIpc) is 3.59. The van der Waals surface area contributed by atoms with Crippen molar-refractivity contribution >= 4 is 41.2 Å². The summed E-state index contributed by atoms with van der Waals surface area (Å²) in [5, 5.41) is 29.1. The number of amides is 1. The summed E-state index contributed by atoms with van der Waals surface area (Å²) in [6, 6.07) is 12.9. The Hall–Kier alpha value is -5.30. The highest BCUT2D eigenvalue weighted by Gasteiger charge is 2.28. The van der Waals surface area contributed by atoms with Gasteiger partial charge in [0.2, 0.25) is 12.1 Å². The number of nitrogens with zero attached hydrogens (tertiary/aromatic N) is 5. The first kappa shape index (κ1) is 33.1. The normalized spacial score (nSPS) is 16.2. The van der Waals surface area contributed by atoms with E-state index in [1.807, 2.05) is 18.2 Å². The lowest BCUT2D eigenvalue weighted by atomic mass is 9.95. The maximum atomic E-state index is 13.3. The van der Waals surface area contributed by atoms with E-state index < -0.39 is 24.0 Å². The number of pyridine rings is 1. The molecule has 4 aromatic rings. The lowest BCUT2D eigenvalue weighted by molar-refractivity contribution is -0.910. The summed E-state index contributed by atoms with van der Waals surface area (Å²) < 4.78 is 12.7. The Labute approximate surface area is 276 Å². The van der Waals surface area contributed by atoms with E-state index in [0.717, 1.165) is 15.9 Å². The highest BCUT2D eigenvalue weighted by molar-refractivity contribution is 6.30. The number of anilines is 1. The first-order valence-electron chi connectivity index (χ1n) is 15.1. The fraction of sp³-hybridized carbons (Fsp3) is 0.303. The summed E-state index contributed by atoms with van der Waals surface area (Å²) in [5.74, 6) is -1.17. The van der Waals surface area contributed by atoms with Gasteiger partial charge in [-0.05, 0) is 71.7 Å². The van der Waals surface area contributed by atoms with Gasteiger partial charge < -0.3 is 20.1 Å². The number of aromatic nitrogens is 5. The highest BCUT2D eigenvalue weighted by atomic mass is 35.5. The van der Waals surface area contributed by atoms with Crippen molar-refractivity contribution in [3.63, 3.8) is 0 Å². The molecule has 0 saturated heterocycles. The third-order valence-electron chi connectivity index (χ3n) is 7.74. The standard InChI is InChI=1S/C33H34ClN7O6/c1-3-47-33(44)27-7-5-4-6-26(37-31(42)13-9-23-18-24(34)10-12-29(23)40-20-35-38-39-40)30-19-22(14-15-41(30)45)25-11-8-21(16-28(25)36-27)17-32(43)46-2/h8-16,18-20,26-27,45H,3-7,17H2,1-2H3,(H,37,42)/p+1/b13-9+,25-22?,36-28?/t26-,27?/m0/s1. The van der Waals surface area contributed by atoms with Crippen LogP contribution in [0.5, 0.6) is 0 Å². The number of halogens is 1. The molecule has 1 amide bonds. The lowest BCUT2D eigenvalue weighted by Crippen LogP contribution is -2.41. The zero-order chi connectivity index (χ0) is 33.3. The number of ether oxygens (including phenoxy) is 2. The molecule has 1 aliphatic rings. The van der Waals surface area contributed by atoms with Gasteiger partial charge in [0, 0.05) is 44.8 Å². The number of fused-ring (bicyclic) bond motifs is 4. The van der Waals surface area contributed by atoms with E-state index >= 15 is 0 Å². The van der Waals surface area contributed by atoms with Gasteiger partial charge in [0.05, 0.1) is 25.8 Å². The maximum absolute atomic E-state index is 13.3. The van der Waals surface area contributed by atoms with Crippen LogP contribution < -0.4 is 15.4 Å². The van der Waals surface area contributed by atoms with Crippen LogP contribution in [0.15, 0.2) is 67.1 Å². The van der Waals surface area contributed by atoms with Crippen LogP contribution in [0.2, 0.25) is 5.02 Å². The Morgan fingerprint density at radius 3 is 2.74 bits per heavy atom. The largest absolute Gasteiger partial charge is 0.469 e. The number of tetrazole rings is 1. The first-order chi connectivity index (χ1) is 22.7. The third-order valence-corrected chi connectivity index (χ3v) is 7.98. The summed E-state index contributed by atoms with van der Waals surface area (Å²) in [5.41, 5.74) is 4.50. The minimum atomic E-state index is -0.643. The van der Waals surface area contributed by atoms with E-state index in [2.05, 4.69) is 26.2 Å². The Kier molecular flexibility index (Phi) is 10.8. The second kappa shape index (κ2) is 15.3. The minimum absolute atomic E-state index is 0.0558.